The van der Waals surface area contributed by atoms with Gasteiger partial charge in [0.15, 0.2) is 0 Å². The Morgan fingerprint density at radius 2 is 1.75 bits per heavy atom. The van der Waals surface area contributed by atoms with E-state index >= 15 is 0 Å². The lowest BCUT2D eigenvalue weighted by atomic mass is 10.1. The highest BCUT2D eigenvalue weighted by atomic mass is 35.5. The highest BCUT2D eigenvalue weighted by Crippen LogP contribution is 2.23. The molecule has 36 heavy (non-hydrogen) atoms. The van der Waals surface area contributed by atoms with Crippen LogP contribution in [0.1, 0.15) is 46.1 Å². The third-order valence-electron chi connectivity index (χ3n) is 5.43. The molecule has 0 bridgehead atoms. The highest BCUT2D eigenvalue weighted by Gasteiger charge is 2.28. The molecule has 8 nitrogen and oxygen atoms in total. The molecule has 1 N–H and O–H groups in total. The van der Waals surface area contributed by atoms with Gasteiger partial charge >= 0.3 is 0 Å². The van der Waals surface area contributed by atoms with Crippen molar-refractivity contribution in [2.75, 3.05) is 24.2 Å². The van der Waals surface area contributed by atoms with Crippen LogP contribution < -0.4 is 14.4 Å². The van der Waals surface area contributed by atoms with Crippen molar-refractivity contribution in [1.29, 1.82) is 0 Å². The van der Waals surface area contributed by atoms with E-state index in [2.05, 4.69) is 5.32 Å². The zero-order valence-electron chi connectivity index (χ0n) is 21.7. The van der Waals surface area contributed by atoms with Crippen molar-refractivity contribution in [2.45, 2.75) is 58.7 Å². The molecule has 0 radical (unpaired) electrons. The van der Waals surface area contributed by atoms with Gasteiger partial charge in [-0.2, -0.15) is 0 Å². The van der Waals surface area contributed by atoms with E-state index in [0.29, 0.717) is 16.5 Å². The molecule has 2 rings (SSSR count). The molecule has 0 aliphatic rings. The monoisotopic (exact) mass is 537 g/mol. The molecule has 0 fully saturated rings. The van der Waals surface area contributed by atoms with Crippen molar-refractivity contribution in [3.8, 4) is 5.75 Å². The number of ether oxygens (including phenoxy) is 1. The summed E-state index contributed by atoms with van der Waals surface area (Å²) in [6, 6.07) is 13.1. The van der Waals surface area contributed by atoms with Gasteiger partial charge in [-0.3, -0.25) is 13.9 Å². The van der Waals surface area contributed by atoms with Gasteiger partial charge < -0.3 is 15.0 Å². The molecule has 0 aliphatic carbocycles. The predicted molar refractivity (Wildman–Crippen MR) is 144 cm³/mol. The van der Waals surface area contributed by atoms with Gasteiger partial charge in [0.1, 0.15) is 11.8 Å². The number of carbonyl (C=O) groups is 2. The van der Waals surface area contributed by atoms with E-state index in [4.69, 9.17) is 16.3 Å². The summed E-state index contributed by atoms with van der Waals surface area (Å²) >= 11 is 6.04. The maximum atomic E-state index is 13.3. The molecule has 1 atom stereocenters. The number of hydrogen-bond acceptors (Lipinski definition) is 5. The molecule has 2 aromatic carbocycles. The molecule has 0 heterocycles. The van der Waals surface area contributed by atoms with Crippen LogP contribution in [0.5, 0.6) is 5.75 Å². The number of rotatable bonds is 11. The van der Waals surface area contributed by atoms with Crippen LogP contribution in [0.3, 0.4) is 0 Å². The lowest BCUT2D eigenvalue weighted by Gasteiger charge is -2.32. The van der Waals surface area contributed by atoms with Crippen molar-refractivity contribution in [3.05, 3.63) is 59.1 Å². The molecule has 0 saturated carbocycles. The molecule has 0 spiro atoms. The zero-order chi connectivity index (χ0) is 27.1. The van der Waals surface area contributed by atoms with Gasteiger partial charge in [-0.25, -0.2) is 8.42 Å². The Balaban J connectivity index is 2.19. The molecule has 1 unspecified atom stereocenters. The summed E-state index contributed by atoms with van der Waals surface area (Å²) in [5, 5.41) is 3.34. The molecule has 0 saturated heterocycles. The number of halogens is 1. The van der Waals surface area contributed by atoms with Gasteiger partial charge in [0.25, 0.3) is 0 Å². The van der Waals surface area contributed by atoms with Crippen molar-refractivity contribution < 1.29 is 22.7 Å². The minimum atomic E-state index is -3.58. The number of carbonyl (C=O) groups excluding carboxylic acids is 2. The van der Waals surface area contributed by atoms with Crippen LogP contribution in [-0.4, -0.2) is 56.6 Å². The van der Waals surface area contributed by atoms with Gasteiger partial charge in [-0.05, 0) is 70.0 Å². The van der Waals surface area contributed by atoms with Crippen LogP contribution >= 0.6 is 11.6 Å². The van der Waals surface area contributed by atoms with E-state index in [-0.39, 0.29) is 37.7 Å². The number of hydrogen-bond donors (Lipinski definition) is 1. The number of methoxy groups -OCH3 is 1. The van der Waals surface area contributed by atoms with Crippen molar-refractivity contribution in [3.63, 3.8) is 0 Å². The molecular formula is C26H36ClN3O5S. The number of benzene rings is 2. The predicted octanol–water partition coefficient (Wildman–Crippen LogP) is 4.23. The molecule has 10 heteroatoms. The van der Waals surface area contributed by atoms with Crippen molar-refractivity contribution in [1.82, 2.24) is 10.2 Å². The quantitative estimate of drug-likeness (QED) is 0.463. The first kappa shape index (κ1) is 29.5. The number of amides is 2. The minimum absolute atomic E-state index is 0.0654. The minimum Gasteiger partial charge on any atom is -0.497 e. The molecule has 2 amide bonds. The van der Waals surface area contributed by atoms with Crippen LogP contribution in [0.4, 0.5) is 5.69 Å². The SMILES string of the molecule is COc1ccc(CN(C(=O)CCCN(c2cccc(Cl)c2)S(C)(=O)=O)C(C)C(=O)NC(C)(C)C)cc1. The van der Waals surface area contributed by atoms with Crippen molar-refractivity contribution >= 4 is 39.1 Å². The third kappa shape index (κ3) is 9.02. The molecular weight excluding hydrogens is 502 g/mol. The fourth-order valence-corrected chi connectivity index (χ4v) is 4.76. The number of sulfonamides is 1. The van der Waals surface area contributed by atoms with E-state index in [0.717, 1.165) is 11.8 Å². The van der Waals surface area contributed by atoms with Crippen LogP contribution in [0.25, 0.3) is 0 Å². The first-order valence-corrected chi connectivity index (χ1v) is 13.9. The fraction of sp³-hybridized carbons (Fsp3) is 0.462. The smallest absolute Gasteiger partial charge is 0.242 e. The van der Waals surface area contributed by atoms with Crippen molar-refractivity contribution in [2.24, 2.45) is 0 Å². The van der Waals surface area contributed by atoms with Gasteiger partial charge in [-0.1, -0.05) is 29.8 Å². The topological polar surface area (TPSA) is 96.0 Å². The van der Waals surface area contributed by atoms with Gasteiger partial charge in [0.2, 0.25) is 21.8 Å². The molecule has 0 aliphatic heterocycles. The summed E-state index contributed by atoms with van der Waals surface area (Å²) in [4.78, 5) is 27.8. The van der Waals surface area contributed by atoms with E-state index < -0.39 is 21.6 Å². The summed E-state index contributed by atoms with van der Waals surface area (Å²) in [6.07, 6.45) is 1.45. The maximum absolute atomic E-state index is 13.3. The fourth-order valence-electron chi connectivity index (χ4n) is 3.62. The summed E-state index contributed by atoms with van der Waals surface area (Å²) in [5.41, 5.74) is 0.828. The van der Waals surface area contributed by atoms with E-state index in [1.807, 2.05) is 32.9 Å². The zero-order valence-corrected chi connectivity index (χ0v) is 23.3. The third-order valence-corrected chi connectivity index (χ3v) is 6.85. The van der Waals surface area contributed by atoms with Gasteiger partial charge in [-0.15, -0.1) is 0 Å². The lowest BCUT2D eigenvalue weighted by molar-refractivity contribution is -0.141. The second kappa shape index (κ2) is 12.5. The van der Waals surface area contributed by atoms with Gasteiger partial charge in [0.05, 0.1) is 19.1 Å². The molecule has 0 aromatic heterocycles. The second-order valence-electron chi connectivity index (χ2n) is 9.70. The highest BCUT2D eigenvalue weighted by molar-refractivity contribution is 7.92. The average Bonchev–Trinajstić information content (AvgIpc) is 2.78. The number of nitrogens with one attached hydrogen (secondary N) is 1. The molecule has 2 aromatic rings. The Morgan fingerprint density at radius 3 is 2.28 bits per heavy atom. The second-order valence-corrected chi connectivity index (χ2v) is 12.0. The molecule has 198 valence electrons. The lowest BCUT2D eigenvalue weighted by Crippen LogP contribution is -2.52. The number of anilines is 1. The van der Waals surface area contributed by atoms with Crippen LogP contribution in [-0.2, 0) is 26.2 Å². The Kier molecular flexibility index (Phi) is 10.2. The van der Waals surface area contributed by atoms with Gasteiger partial charge in [0, 0.05) is 30.1 Å². The normalized spacial score (nSPS) is 12.5. The largest absolute Gasteiger partial charge is 0.497 e. The van der Waals surface area contributed by atoms with Crippen LogP contribution in [0, 0.1) is 0 Å². The summed E-state index contributed by atoms with van der Waals surface area (Å²) < 4.78 is 31.2. The first-order chi connectivity index (χ1) is 16.7. The van der Waals surface area contributed by atoms with E-state index in [1.54, 1.807) is 50.4 Å². The van der Waals surface area contributed by atoms with E-state index in [1.165, 1.54) is 9.21 Å². The standard InChI is InChI=1S/C26H36ClN3O5S/c1-19(25(32)28-26(2,3)4)29(18-20-12-14-23(35-5)15-13-20)24(31)11-8-16-30(36(6,33)34)22-10-7-9-21(27)17-22/h7,9-10,12-15,17,19H,8,11,16,18H2,1-6H3,(H,28,32). The summed E-state index contributed by atoms with van der Waals surface area (Å²) in [5.74, 6) is 0.181. The first-order valence-electron chi connectivity index (χ1n) is 11.7. The van der Waals surface area contributed by atoms with E-state index in [9.17, 15) is 18.0 Å². The Hall–Kier alpha value is -2.78. The summed E-state index contributed by atoms with van der Waals surface area (Å²) in [6.45, 7) is 7.65. The Morgan fingerprint density at radius 1 is 1.11 bits per heavy atom. The number of nitrogens with zero attached hydrogens (tertiary/aromatic N) is 2. The maximum Gasteiger partial charge on any atom is 0.242 e. The Bertz CT molecular complexity index is 1150. The Labute approximate surface area is 219 Å². The van der Waals surface area contributed by atoms with Crippen LogP contribution in [0.2, 0.25) is 5.02 Å². The van der Waals surface area contributed by atoms with Crippen LogP contribution in [0.15, 0.2) is 48.5 Å². The summed E-state index contributed by atoms with van der Waals surface area (Å²) in [7, 11) is -2.01. The average molecular weight is 538 g/mol.